The summed E-state index contributed by atoms with van der Waals surface area (Å²) in [4.78, 5) is 4.72. The fourth-order valence-corrected chi connectivity index (χ4v) is 3.05. The summed E-state index contributed by atoms with van der Waals surface area (Å²) < 4.78 is 0. The van der Waals surface area contributed by atoms with Gasteiger partial charge < -0.3 is 5.32 Å². The van der Waals surface area contributed by atoms with E-state index < -0.39 is 0 Å². The Labute approximate surface area is 105 Å². The summed E-state index contributed by atoms with van der Waals surface area (Å²) in [6.07, 6.45) is 2.49. The highest BCUT2D eigenvalue weighted by Gasteiger charge is 2.30. The van der Waals surface area contributed by atoms with E-state index in [9.17, 15) is 0 Å². The molecule has 2 nitrogen and oxygen atoms in total. The summed E-state index contributed by atoms with van der Waals surface area (Å²) in [6.45, 7) is 12.3. The third-order valence-electron chi connectivity index (χ3n) is 3.92. The van der Waals surface area contributed by atoms with Crippen molar-refractivity contribution in [3.8, 4) is 0 Å². The Morgan fingerprint density at radius 1 is 1.31 bits per heavy atom. The van der Waals surface area contributed by atoms with Gasteiger partial charge in [0.25, 0.3) is 0 Å². The van der Waals surface area contributed by atoms with Gasteiger partial charge in [-0.15, -0.1) is 0 Å². The lowest BCUT2D eigenvalue weighted by atomic mass is 9.84. The molecule has 0 saturated heterocycles. The first kappa shape index (κ1) is 13.9. The van der Waals surface area contributed by atoms with E-state index in [1.165, 1.54) is 18.6 Å². The van der Waals surface area contributed by atoms with Gasteiger partial charge in [0.05, 0.1) is 0 Å². The van der Waals surface area contributed by atoms with E-state index >= 15 is 0 Å². The maximum atomic E-state index is 4.72. The second-order valence-electron chi connectivity index (χ2n) is 5.29. The number of amidine groups is 1. The number of thioether (sulfide) groups is 1. The maximum absolute atomic E-state index is 4.72. The van der Waals surface area contributed by atoms with Gasteiger partial charge >= 0.3 is 0 Å². The predicted molar refractivity (Wildman–Crippen MR) is 75.2 cm³/mol. The van der Waals surface area contributed by atoms with E-state index in [1.807, 2.05) is 11.8 Å². The summed E-state index contributed by atoms with van der Waals surface area (Å²) in [5.74, 6) is 1.88. The molecule has 1 rings (SSSR count). The van der Waals surface area contributed by atoms with E-state index in [0.717, 1.165) is 11.7 Å². The van der Waals surface area contributed by atoms with Gasteiger partial charge in [-0.25, -0.2) is 0 Å². The third-order valence-corrected chi connectivity index (χ3v) is 5.20. The van der Waals surface area contributed by atoms with Crippen molar-refractivity contribution in [1.82, 2.24) is 5.32 Å². The summed E-state index contributed by atoms with van der Waals surface area (Å²) >= 11 is 1.90. The average molecular weight is 242 g/mol. The number of rotatable bonds is 4. The van der Waals surface area contributed by atoms with Crippen molar-refractivity contribution < 1.29 is 0 Å². The van der Waals surface area contributed by atoms with E-state index in [1.54, 1.807) is 0 Å². The average Bonchev–Trinajstić information content (AvgIpc) is 2.30. The lowest BCUT2D eigenvalue weighted by Crippen LogP contribution is -2.39. The van der Waals surface area contributed by atoms with Crippen LogP contribution in [0.5, 0.6) is 0 Å². The molecule has 0 amide bonds. The monoisotopic (exact) mass is 242 g/mol. The lowest BCUT2D eigenvalue weighted by Gasteiger charge is -2.34. The fraction of sp³-hybridized carbons (Fsp3) is 0.923. The SMILES string of the molecule is CCC1(CC)CN=C(NC(C)C(C)C)SC1. The Kier molecular flexibility index (Phi) is 5.16. The van der Waals surface area contributed by atoms with Crippen LogP contribution >= 0.6 is 11.8 Å². The van der Waals surface area contributed by atoms with Crippen LogP contribution in [0.15, 0.2) is 4.99 Å². The maximum Gasteiger partial charge on any atom is 0.156 e. The van der Waals surface area contributed by atoms with Crippen LogP contribution in [0.4, 0.5) is 0 Å². The minimum atomic E-state index is 0.455. The third kappa shape index (κ3) is 3.41. The first-order chi connectivity index (χ1) is 7.53. The number of aliphatic imine (C=N–C) groups is 1. The highest BCUT2D eigenvalue weighted by molar-refractivity contribution is 8.13. The quantitative estimate of drug-likeness (QED) is 0.815. The summed E-state index contributed by atoms with van der Waals surface area (Å²) in [7, 11) is 0. The topological polar surface area (TPSA) is 24.4 Å². The Morgan fingerprint density at radius 3 is 2.31 bits per heavy atom. The molecule has 1 aliphatic heterocycles. The molecule has 0 aromatic heterocycles. The normalized spacial score (nSPS) is 21.8. The molecular weight excluding hydrogens is 216 g/mol. The molecule has 1 unspecified atom stereocenters. The Balaban J connectivity index is 2.52. The zero-order valence-electron chi connectivity index (χ0n) is 11.3. The highest BCUT2D eigenvalue weighted by atomic mass is 32.2. The number of nitrogens with zero attached hydrogens (tertiary/aromatic N) is 1. The molecular formula is C13H26N2S. The lowest BCUT2D eigenvalue weighted by molar-refractivity contribution is 0.317. The van der Waals surface area contributed by atoms with Crippen LogP contribution in [0.25, 0.3) is 0 Å². The molecule has 1 N–H and O–H groups in total. The van der Waals surface area contributed by atoms with Crippen LogP contribution in [0.2, 0.25) is 0 Å². The first-order valence-electron chi connectivity index (χ1n) is 6.47. The first-order valence-corrected chi connectivity index (χ1v) is 7.45. The van der Waals surface area contributed by atoms with Gasteiger partial charge in [-0.1, -0.05) is 39.5 Å². The number of hydrogen-bond acceptors (Lipinski definition) is 3. The molecule has 0 saturated carbocycles. The summed E-state index contributed by atoms with van der Waals surface area (Å²) in [5, 5.41) is 4.67. The van der Waals surface area contributed by atoms with E-state index in [2.05, 4.69) is 39.9 Å². The van der Waals surface area contributed by atoms with Crippen LogP contribution in [0.1, 0.15) is 47.5 Å². The number of hydrogen-bond donors (Lipinski definition) is 1. The van der Waals surface area contributed by atoms with Crippen molar-refractivity contribution in [2.45, 2.75) is 53.5 Å². The van der Waals surface area contributed by atoms with Gasteiger partial charge in [0, 0.05) is 18.3 Å². The molecule has 0 spiro atoms. The zero-order valence-corrected chi connectivity index (χ0v) is 12.2. The van der Waals surface area contributed by atoms with Crippen molar-refractivity contribution >= 4 is 16.9 Å². The predicted octanol–water partition coefficient (Wildman–Crippen LogP) is 3.53. The zero-order chi connectivity index (χ0) is 12.2. The molecule has 0 fully saturated rings. The van der Waals surface area contributed by atoms with Gasteiger partial charge in [-0.3, -0.25) is 4.99 Å². The van der Waals surface area contributed by atoms with Crippen LogP contribution < -0.4 is 5.32 Å². The Bertz CT molecular complexity index is 244. The largest absolute Gasteiger partial charge is 0.362 e. The highest BCUT2D eigenvalue weighted by Crippen LogP contribution is 2.34. The standard InChI is InChI=1S/C13H26N2S/c1-6-13(7-2)8-14-12(16-9-13)15-11(5)10(3)4/h10-11H,6-9H2,1-5H3,(H,14,15). The molecule has 1 aliphatic rings. The molecule has 16 heavy (non-hydrogen) atoms. The van der Waals surface area contributed by atoms with Gasteiger partial charge in [0.2, 0.25) is 0 Å². The molecule has 1 heterocycles. The van der Waals surface area contributed by atoms with E-state index in [-0.39, 0.29) is 0 Å². The van der Waals surface area contributed by atoms with Crippen molar-refractivity contribution in [1.29, 1.82) is 0 Å². The molecule has 0 aromatic rings. The molecule has 1 atom stereocenters. The molecule has 94 valence electrons. The second kappa shape index (κ2) is 5.95. The molecule has 0 radical (unpaired) electrons. The second-order valence-corrected chi connectivity index (χ2v) is 6.26. The number of nitrogens with one attached hydrogen (secondary N) is 1. The minimum Gasteiger partial charge on any atom is -0.362 e. The molecule has 0 bridgehead atoms. The van der Waals surface area contributed by atoms with Gasteiger partial charge in [0.1, 0.15) is 0 Å². The van der Waals surface area contributed by atoms with Crippen molar-refractivity contribution in [3.63, 3.8) is 0 Å². The van der Waals surface area contributed by atoms with Crippen molar-refractivity contribution in [2.24, 2.45) is 16.3 Å². The van der Waals surface area contributed by atoms with Crippen molar-refractivity contribution in [2.75, 3.05) is 12.3 Å². The smallest absolute Gasteiger partial charge is 0.156 e. The van der Waals surface area contributed by atoms with Crippen LogP contribution in [-0.2, 0) is 0 Å². The molecule has 3 heteroatoms. The summed E-state index contributed by atoms with van der Waals surface area (Å²) in [6, 6.07) is 0.516. The van der Waals surface area contributed by atoms with Crippen LogP contribution in [0, 0.1) is 11.3 Å². The molecule has 0 aliphatic carbocycles. The minimum absolute atomic E-state index is 0.455. The molecule has 0 aromatic carbocycles. The van der Waals surface area contributed by atoms with Gasteiger partial charge in [-0.2, -0.15) is 0 Å². The van der Waals surface area contributed by atoms with Crippen LogP contribution in [0.3, 0.4) is 0 Å². The van der Waals surface area contributed by atoms with E-state index in [0.29, 0.717) is 17.4 Å². The summed E-state index contributed by atoms with van der Waals surface area (Å²) in [5.41, 5.74) is 0.455. The van der Waals surface area contributed by atoms with E-state index in [4.69, 9.17) is 4.99 Å². The van der Waals surface area contributed by atoms with Crippen molar-refractivity contribution in [3.05, 3.63) is 0 Å². The van der Waals surface area contributed by atoms with Gasteiger partial charge in [-0.05, 0) is 31.1 Å². The fourth-order valence-electron chi connectivity index (χ4n) is 1.68. The van der Waals surface area contributed by atoms with Crippen LogP contribution in [-0.4, -0.2) is 23.5 Å². The Morgan fingerprint density at radius 2 is 1.94 bits per heavy atom. The Hall–Kier alpha value is -0.180. The van der Waals surface area contributed by atoms with Gasteiger partial charge in [0.15, 0.2) is 5.17 Å².